The number of likely N-dealkylation sites (tertiary alicyclic amines) is 1. The number of methoxy groups -OCH3 is 1. The third-order valence-corrected chi connectivity index (χ3v) is 4.23. The molecule has 25 heavy (non-hydrogen) atoms. The molecule has 1 aliphatic heterocycles. The van der Waals surface area contributed by atoms with Gasteiger partial charge in [-0.15, -0.1) is 0 Å². The third-order valence-electron chi connectivity index (χ3n) is 4.23. The summed E-state index contributed by atoms with van der Waals surface area (Å²) in [5.74, 6) is -0.995. The molecular weight excluding hydrogens is 326 g/mol. The van der Waals surface area contributed by atoms with Crippen LogP contribution in [0.25, 0.3) is 0 Å². The number of aromatic nitrogens is 2. The van der Waals surface area contributed by atoms with Crippen molar-refractivity contribution in [2.24, 2.45) is 13.0 Å². The van der Waals surface area contributed by atoms with Gasteiger partial charge in [-0.05, 0) is 25.0 Å². The molecule has 3 rings (SSSR count). The molecule has 2 aromatic heterocycles. The minimum Gasteiger partial charge on any atom is -0.463 e. The Morgan fingerprint density at radius 3 is 2.84 bits per heavy atom. The normalized spacial score (nSPS) is 17.4. The van der Waals surface area contributed by atoms with Gasteiger partial charge in [-0.3, -0.25) is 19.2 Å². The zero-order valence-corrected chi connectivity index (χ0v) is 14.3. The van der Waals surface area contributed by atoms with E-state index in [9.17, 15) is 14.4 Å². The van der Waals surface area contributed by atoms with Gasteiger partial charge in [0.15, 0.2) is 0 Å². The second-order valence-electron chi connectivity index (χ2n) is 6.16. The topological polar surface area (TPSA) is 94.6 Å². The molecule has 3 heterocycles. The first kappa shape index (κ1) is 16.9. The second kappa shape index (κ2) is 6.54. The zero-order valence-electron chi connectivity index (χ0n) is 14.3. The fourth-order valence-electron chi connectivity index (χ4n) is 3.02. The Kier molecular flexibility index (Phi) is 4.43. The molecule has 0 saturated carbocycles. The maximum absolute atomic E-state index is 12.6. The van der Waals surface area contributed by atoms with Crippen LogP contribution in [0.2, 0.25) is 0 Å². The van der Waals surface area contributed by atoms with Crippen LogP contribution in [0.4, 0.5) is 0 Å². The van der Waals surface area contributed by atoms with Crippen molar-refractivity contribution in [1.82, 2.24) is 14.7 Å². The van der Waals surface area contributed by atoms with E-state index in [0.29, 0.717) is 17.7 Å². The van der Waals surface area contributed by atoms with Crippen LogP contribution in [0.15, 0.2) is 22.9 Å². The van der Waals surface area contributed by atoms with Crippen molar-refractivity contribution < 1.29 is 23.5 Å². The largest absolute Gasteiger partial charge is 0.463 e. The van der Waals surface area contributed by atoms with Gasteiger partial charge in [-0.2, -0.15) is 5.10 Å². The summed E-state index contributed by atoms with van der Waals surface area (Å²) in [5.41, 5.74) is 1.52. The number of rotatable bonds is 5. The Balaban J connectivity index is 1.71. The third kappa shape index (κ3) is 3.33. The first-order valence-corrected chi connectivity index (χ1v) is 7.88. The van der Waals surface area contributed by atoms with E-state index >= 15 is 0 Å². The Morgan fingerprint density at radius 2 is 2.20 bits per heavy atom. The van der Waals surface area contributed by atoms with E-state index in [1.165, 1.54) is 12.0 Å². The summed E-state index contributed by atoms with van der Waals surface area (Å²) in [4.78, 5) is 37.6. The van der Waals surface area contributed by atoms with Crippen LogP contribution in [0, 0.1) is 12.8 Å². The van der Waals surface area contributed by atoms with Crippen molar-refractivity contribution in [2.75, 3.05) is 7.11 Å². The van der Waals surface area contributed by atoms with Crippen molar-refractivity contribution in [1.29, 1.82) is 0 Å². The molecule has 0 aromatic carbocycles. The quantitative estimate of drug-likeness (QED) is 0.597. The van der Waals surface area contributed by atoms with Crippen LogP contribution in [-0.4, -0.2) is 39.6 Å². The lowest BCUT2D eigenvalue weighted by molar-refractivity contribution is -0.140. The Hall–Kier alpha value is -2.90. The van der Waals surface area contributed by atoms with E-state index in [2.05, 4.69) is 9.84 Å². The smallest absolute Gasteiger partial charge is 0.374 e. The number of furan rings is 1. The highest BCUT2D eigenvalue weighted by atomic mass is 16.5. The highest BCUT2D eigenvalue weighted by Gasteiger charge is 2.39. The number of carbonyl (C=O) groups excluding carboxylic acids is 3. The molecule has 1 atom stereocenters. The lowest BCUT2D eigenvalue weighted by Gasteiger charge is -2.13. The monoisotopic (exact) mass is 345 g/mol. The Labute approximate surface area is 144 Å². The van der Waals surface area contributed by atoms with Crippen LogP contribution in [0.5, 0.6) is 0 Å². The van der Waals surface area contributed by atoms with Crippen molar-refractivity contribution in [3.8, 4) is 0 Å². The SMILES string of the molecule is COC(=O)c1oc(CN2C(=O)C[C@H](Cc3cnn(C)c3)C2=O)cc1C. The molecule has 1 aliphatic rings. The molecule has 2 amide bonds. The fraction of sp³-hybridized carbons (Fsp3) is 0.412. The molecule has 1 saturated heterocycles. The van der Waals surface area contributed by atoms with E-state index < -0.39 is 11.9 Å². The average molecular weight is 345 g/mol. The average Bonchev–Trinajstić information content (AvgIpc) is 3.22. The summed E-state index contributed by atoms with van der Waals surface area (Å²) >= 11 is 0. The van der Waals surface area contributed by atoms with E-state index in [4.69, 9.17) is 4.42 Å². The minimum absolute atomic E-state index is 0.0129. The molecule has 0 bridgehead atoms. The number of ether oxygens (including phenoxy) is 1. The Bertz CT molecular complexity index is 835. The maximum Gasteiger partial charge on any atom is 0.374 e. The van der Waals surface area contributed by atoms with Gasteiger partial charge in [0.05, 0.1) is 25.8 Å². The molecule has 0 unspecified atom stereocenters. The maximum atomic E-state index is 12.6. The predicted molar refractivity (Wildman–Crippen MR) is 85.4 cm³/mol. The molecule has 1 fully saturated rings. The lowest BCUT2D eigenvalue weighted by Crippen LogP contribution is -2.30. The van der Waals surface area contributed by atoms with Crippen LogP contribution >= 0.6 is 0 Å². The first-order chi connectivity index (χ1) is 11.9. The van der Waals surface area contributed by atoms with Gasteiger partial charge < -0.3 is 9.15 Å². The van der Waals surface area contributed by atoms with Crippen molar-refractivity contribution >= 4 is 17.8 Å². The van der Waals surface area contributed by atoms with Crippen LogP contribution in [-0.2, 0) is 34.3 Å². The van der Waals surface area contributed by atoms with Gasteiger partial charge in [0.1, 0.15) is 5.76 Å². The number of hydrogen-bond acceptors (Lipinski definition) is 6. The van der Waals surface area contributed by atoms with Gasteiger partial charge in [-0.1, -0.05) is 0 Å². The number of hydrogen-bond donors (Lipinski definition) is 0. The fourth-order valence-corrected chi connectivity index (χ4v) is 3.02. The van der Waals surface area contributed by atoms with E-state index in [-0.39, 0.29) is 30.5 Å². The van der Waals surface area contributed by atoms with E-state index in [1.54, 1.807) is 30.9 Å². The van der Waals surface area contributed by atoms with Crippen molar-refractivity contribution in [3.63, 3.8) is 0 Å². The van der Waals surface area contributed by atoms with Gasteiger partial charge in [0, 0.05) is 25.2 Å². The molecule has 8 nitrogen and oxygen atoms in total. The molecule has 0 spiro atoms. The number of amides is 2. The molecular formula is C17H19N3O5. The number of aryl methyl sites for hydroxylation is 2. The van der Waals surface area contributed by atoms with Gasteiger partial charge in [-0.25, -0.2) is 4.79 Å². The summed E-state index contributed by atoms with van der Waals surface area (Å²) in [6.45, 7) is 1.72. The highest BCUT2D eigenvalue weighted by molar-refractivity contribution is 6.03. The second-order valence-corrected chi connectivity index (χ2v) is 6.16. The van der Waals surface area contributed by atoms with Gasteiger partial charge in [0.2, 0.25) is 17.6 Å². The summed E-state index contributed by atoms with van der Waals surface area (Å²) in [5, 5.41) is 4.07. The van der Waals surface area contributed by atoms with Crippen molar-refractivity contribution in [3.05, 3.63) is 41.1 Å². The highest BCUT2D eigenvalue weighted by Crippen LogP contribution is 2.26. The van der Waals surface area contributed by atoms with Gasteiger partial charge >= 0.3 is 5.97 Å². The number of nitrogens with zero attached hydrogens (tertiary/aromatic N) is 3. The van der Waals surface area contributed by atoms with Crippen molar-refractivity contribution in [2.45, 2.75) is 26.3 Å². The Morgan fingerprint density at radius 1 is 1.44 bits per heavy atom. The van der Waals surface area contributed by atoms with Crippen LogP contribution in [0.3, 0.4) is 0 Å². The summed E-state index contributed by atoms with van der Waals surface area (Å²) in [6.07, 6.45) is 4.16. The number of imide groups is 1. The molecule has 0 radical (unpaired) electrons. The summed E-state index contributed by atoms with van der Waals surface area (Å²) in [6, 6.07) is 1.64. The lowest BCUT2D eigenvalue weighted by atomic mass is 10.0. The zero-order chi connectivity index (χ0) is 18.1. The molecule has 2 aromatic rings. The van der Waals surface area contributed by atoms with Crippen LogP contribution < -0.4 is 0 Å². The summed E-state index contributed by atoms with van der Waals surface area (Å²) < 4.78 is 11.7. The summed E-state index contributed by atoms with van der Waals surface area (Å²) in [7, 11) is 3.07. The van der Waals surface area contributed by atoms with Crippen LogP contribution in [0.1, 0.15) is 33.9 Å². The molecule has 8 heteroatoms. The molecule has 132 valence electrons. The minimum atomic E-state index is -0.586. The molecule has 0 N–H and O–H groups in total. The van der Waals surface area contributed by atoms with E-state index in [0.717, 1.165) is 5.56 Å². The number of esters is 1. The van der Waals surface area contributed by atoms with Gasteiger partial charge in [0.25, 0.3) is 0 Å². The number of carbonyl (C=O) groups is 3. The predicted octanol–water partition coefficient (Wildman–Crippen LogP) is 1.23. The molecule has 0 aliphatic carbocycles. The first-order valence-electron chi connectivity index (χ1n) is 7.88. The standard InChI is InChI=1S/C17H19N3O5/c1-10-4-13(25-15(10)17(23)24-3)9-20-14(21)6-12(16(20)22)5-11-7-18-19(2)8-11/h4,7-8,12H,5-6,9H2,1-3H3/t12-/m0/s1. The van der Waals surface area contributed by atoms with E-state index in [1.807, 2.05) is 6.20 Å².